The lowest BCUT2D eigenvalue weighted by Crippen LogP contribution is -2.39. The standard InChI is InChI=1S/C26H29N3O3/c1-15-8-6-11-21(27-15)29-25(31)22-16(2)28-19-13-26(3,4)14-20(30)24(19)23(22)17-9-7-10-18(12-17)32-5/h6-12,23,28H,13-14H2,1-5H3,(H,27,29,31)/t23-/m1/s1. The molecule has 1 aromatic heterocycles. The van der Waals surface area contributed by atoms with Gasteiger partial charge in [-0.15, -0.1) is 0 Å². The number of nitrogens with one attached hydrogen (secondary N) is 2. The minimum absolute atomic E-state index is 0.0723. The van der Waals surface area contributed by atoms with Gasteiger partial charge < -0.3 is 15.4 Å². The summed E-state index contributed by atoms with van der Waals surface area (Å²) in [6.07, 6.45) is 1.20. The molecule has 32 heavy (non-hydrogen) atoms. The Morgan fingerprint density at radius 3 is 2.62 bits per heavy atom. The number of dihydropyridines is 1. The molecule has 1 aliphatic carbocycles. The topological polar surface area (TPSA) is 80.3 Å². The van der Waals surface area contributed by atoms with Crippen LogP contribution < -0.4 is 15.4 Å². The molecular weight excluding hydrogens is 402 g/mol. The van der Waals surface area contributed by atoms with E-state index in [1.165, 1.54) is 0 Å². The highest BCUT2D eigenvalue weighted by molar-refractivity contribution is 6.09. The Kier molecular flexibility index (Phi) is 5.63. The van der Waals surface area contributed by atoms with Gasteiger partial charge in [0.25, 0.3) is 5.91 Å². The van der Waals surface area contributed by atoms with Crippen LogP contribution in [-0.2, 0) is 9.59 Å². The summed E-state index contributed by atoms with van der Waals surface area (Å²) in [6, 6.07) is 13.1. The zero-order valence-electron chi connectivity index (χ0n) is 19.2. The number of hydrogen-bond acceptors (Lipinski definition) is 5. The van der Waals surface area contributed by atoms with Crippen LogP contribution in [0.25, 0.3) is 0 Å². The van der Waals surface area contributed by atoms with Gasteiger partial charge in [0.05, 0.1) is 7.11 Å². The van der Waals surface area contributed by atoms with E-state index in [-0.39, 0.29) is 17.1 Å². The van der Waals surface area contributed by atoms with Crippen molar-refractivity contribution in [2.45, 2.75) is 46.5 Å². The van der Waals surface area contributed by atoms with Crippen LogP contribution >= 0.6 is 0 Å². The maximum Gasteiger partial charge on any atom is 0.255 e. The summed E-state index contributed by atoms with van der Waals surface area (Å²) in [5.74, 6) is 0.489. The van der Waals surface area contributed by atoms with Crippen LogP contribution in [0.3, 0.4) is 0 Å². The SMILES string of the molecule is COc1cccc([C@@H]2C(C(=O)Nc3cccc(C)n3)=C(C)NC3=C2C(=O)CC(C)(C)C3)c1. The number of aryl methyl sites for hydroxylation is 1. The Morgan fingerprint density at radius 2 is 1.91 bits per heavy atom. The lowest BCUT2D eigenvalue weighted by Gasteiger charge is -2.39. The number of aromatic nitrogens is 1. The summed E-state index contributed by atoms with van der Waals surface area (Å²) in [5.41, 5.74) is 4.38. The van der Waals surface area contributed by atoms with Crippen LogP contribution in [0.5, 0.6) is 5.75 Å². The van der Waals surface area contributed by atoms with Gasteiger partial charge in [0.1, 0.15) is 11.6 Å². The van der Waals surface area contributed by atoms with E-state index in [1.54, 1.807) is 13.2 Å². The first kappa shape index (κ1) is 21.8. The van der Waals surface area contributed by atoms with Gasteiger partial charge in [0.2, 0.25) is 0 Å². The third-order valence-electron chi connectivity index (χ3n) is 6.04. The van der Waals surface area contributed by atoms with Crippen molar-refractivity contribution in [3.05, 3.63) is 76.3 Å². The number of nitrogens with zero attached hydrogens (tertiary/aromatic N) is 1. The number of carbonyl (C=O) groups excluding carboxylic acids is 2. The molecule has 166 valence electrons. The van der Waals surface area contributed by atoms with Crippen LogP contribution in [0.4, 0.5) is 5.82 Å². The van der Waals surface area contributed by atoms with Crippen LogP contribution in [0.2, 0.25) is 0 Å². The smallest absolute Gasteiger partial charge is 0.255 e. The monoisotopic (exact) mass is 431 g/mol. The third kappa shape index (κ3) is 4.17. The number of hydrogen-bond donors (Lipinski definition) is 2. The van der Waals surface area contributed by atoms with E-state index in [2.05, 4.69) is 29.5 Å². The normalized spacial score (nSPS) is 19.9. The average Bonchev–Trinajstić information content (AvgIpc) is 2.71. The van der Waals surface area contributed by atoms with Crippen LogP contribution in [0.15, 0.2) is 65.0 Å². The number of rotatable bonds is 4. The number of ketones is 1. The first-order chi connectivity index (χ1) is 15.2. The van der Waals surface area contributed by atoms with Crippen molar-refractivity contribution in [2.75, 3.05) is 12.4 Å². The highest BCUT2D eigenvalue weighted by Gasteiger charge is 2.42. The van der Waals surface area contributed by atoms with E-state index in [0.29, 0.717) is 29.1 Å². The summed E-state index contributed by atoms with van der Waals surface area (Å²) in [4.78, 5) is 31.3. The maximum atomic E-state index is 13.5. The summed E-state index contributed by atoms with van der Waals surface area (Å²) in [6.45, 7) is 7.96. The predicted molar refractivity (Wildman–Crippen MR) is 124 cm³/mol. The van der Waals surface area contributed by atoms with Gasteiger partial charge in [-0.25, -0.2) is 4.98 Å². The molecular formula is C26H29N3O3. The first-order valence-corrected chi connectivity index (χ1v) is 10.8. The molecule has 1 amide bonds. The van der Waals surface area contributed by atoms with Gasteiger partial charge in [-0.1, -0.05) is 32.0 Å². The largest absolute Gasteiger partial charge is 0.497 e. The Morgan fingerprint density at radius 1 is 1.16 bits per heavy atom. The van der Waals surface area contributed by atoms with Crippen molar-refractivity contribution in [1.82, 2.24) is 10.3 Å². The summed E-state index contributed by atoms with van der Waals surface area (Å²) in [7, 11) is 1.61. The van der Waals surface area contributed by atoms with E-state index in [0.717, 1.165) is 29.1 Å². The van der Waals surface area contributed by atoms with E-state index in [9.17, 15) is 9.59 Å². The second-order valence-corrected chi connectivity index (χ2v) is 9.32. The van der Waals surface area contributed by atoms with E-state index in [4.69, 9.17) is 4.74 Å². The fourth-order valence-electron chi connectivity index (χ4n) is 4.69. The Bertz CT molecular complexity index is 1160. The molecule has 0 bridgehead atoms. The summed E-state index contributed by atoms with van der Waals surface area (Å²) in [5, 5.41) is 6.31. The highest BCUT2D eigenvalue weighted by atomic mass is 16.5. The average molecular weight is 432 g/mol. The first-order valence-electron chi connectivity index (χ1n) is 10.8. The van der Waals surface area contributed by atoms with Gasteiger partial charge in [-0.3, -0.25) is 9.59 Å². The second kappa shape index (κ2) is 8.26. The van der Waals surface area contributed by atoms with Gasteiger partial charge >= 0.3 is 0 Å². The quantitative estimate of drug-likeness (QED) is 0.737. The van der Waals surface area contributed by atoms with Gasteiger partial charge in [0, 0.05) is 40.6 Å². The second-order valence-electron chi connectivity index (χ2n) is 9.32. The molecule has 2 heterocycles. The zero-order valence-corrected chi connectivity index (χ0v) is 19.2. The molecule has 6 heteroatoms. The Labute approximate surface area is 188 Å². The fraction of sp³-hybridized carbons (Fsp3) is 0.346. The third-order valence-corrected chi connectivity index (χ3v) is 6.04. The van der Waals surface area contributed by atoms with Crippen molar-refractivity contribution in [3.63, 3.8) is 0 Å². The van der Waals surface area contributed by atoms with Crippen molar-refractivity contribution < 1.29 is 14.3 Å². The minimum Gasteiger partial charge on any atom is -0.497 e. The number of pyridine rings is 1. The van der Waals surface area contributed by atoms with Crippen LogP contribution in [-0.4, -0.2) is 23.8 Å². The molecule has 2 N–H and O–H groups in total. The molecule has 4 rings (SSSR count). The zero-order chi connectivity index (χ0) is 23.0. The lowest BCUT2D eigenvalue weighted by molar-refractivity contribution is -0.118. The number of ether oxygens (including phenoxy) is 1. The molecule has 0 unspecified atom stereocenters. The number of methoxy groups -OCH3 is 1. The molecule has 0 fully saturated rings. The number of carbonyl (C=O) groups is 2. The molecule has 0 saturated heterocycles. The lowest BCUT2D eigenvalue weighted by atomic mass is 9.68. The highest BCUT2D eigenvalue weighted by Crippen LogP contribution is 2.47. The molecule has 1 atom stereocenters. The molecule has 2 aromatic rings. The number of allylic oxidation sites excluding steroid dienone is 3. The minimum atomic E-state index is -0.477. The number of Topliss-reactive ketones (excluding diaryl/α,β-unsaturated/α-hetero) is 1. The molecule has 1 aliphatic heterocycles. The molecule has 2 aliphatic rings. The van der Waals surface area contributed by atoms with Crippen LogP contribution in [0, 0.1) is 12.3 Å². The fourth-order valence-corrected chi connectivity index (χ4v) is 4.69. The van der Waals surface area contributed by atoms with Crippen molar-refractivity contribution >= 4 is 17.5 Å². The van der Waals surface area contributed by atoms with Crippen molar-refractivity contribution in [2.24, 2.45) is 5.41 Å². The Balaban J connectivity index is 1.82. The summed E-state index contributed by atoms with van der Waals surface area (Å²) >= 11 is 0. The molecule has 6 nitrogen and oxygen atoms in total. The number of benzene rings is 1. The van der Waals surface area contributed by atoms with Gasteiger partial charge in [-0.2, -0.15) is 0 Å². The van der Waals surface area contributed by atoms with Crippen molar-refractivity contribution in [3.8, 4) is 5.75 Å². The van der Waals surface area contributed by atoms with Crippen molar-refractivity contribution in [1.29, 1.82) is 0 Å². The maximum absolute atomic E-state index is 13.5. The molecule has 1 aromatic carbocycles. The van der Waals surface area contributed by atoms with E-state index >= 15 is 0 Å². The van der Waals surface area contributed by atoms with E-state index in [1.807, 2.05) is 50.2 Å². The predicted octanol–water partition coefficient (Wildman–Crippen LogP) is 4.64. The number of amides is 1. The van der Waals surface area contributed by atoms with Crippen LogP contribution in [0.1, 0.15) is 50.8 Å². The van der Waals surface area contributed by atoms with Gasteiger partial charge in [0.15, 0.2) is 5.78 Å². The Hall–Kier alpha value is -3.41. The van der Waals surface area contributed by atoms with Gasteiger partial charge in [-0.05, 0) is 55.5 Å². The van der Waals surface area contributed by atoms with E-state index < -0.39 is 5.92 Å². The molecule has 0 saturated carbocycles. The number of anilines is 1. The summed E-state index contributed by atoms with van der Waals surface area (Å²) < 4.78 is 5.43. The molecule has 0 spiro atoms. The molecule has 0 radical (unpaired) electrons.